The van der Waals surface area contributed by atoms with E-state index < -0.39 is 11.6 Å². The van der Waals surface area contributed by atoms with E-state index in [2.05, 4.69) is 6.92 Å². The number of benzene rings is 3. The van der Waals surface area contributed by atoms with Crippen LogP contribution in [0.2, 0.25) is 0 Å². The van der Waals surface area contributed by atoms with E-state index in [1.807, 2.05) is 6.07 Å². The molecule has 0 bridgehead atoms. The van der Waals surface area contributed by atoms with Crippen molar-refractivity contribution in [3.05, 3.63) is 83.2 Å². The van der Waals surface area contributed by atoms with E-state index in [4.69, 9.17) is 9.47 Å². The minimum absolute atomic E-state index is 0.0657. The highest BCUT2D eigenvalue weighted by atomic mass is 19.2. The standard InChI is InChI=1S/C26H23F3O2/c1-15-2-11-23(30-13-15)18-7-8-19(22(27)12-18)16-3-5-17(6-4-16)20-9-10-21(24-14-31-24)26(29)25(20)28/h3-10,12,15,23-24H,2,11,13-14H2,1H3. The summed E-state index contributed by atoms with van der Waals surface area (Å²) in [6.07, 6.45) is 1.55. The van der Waals surface area contributed by atoms with Gasteiger partial charge in [-0.05, 0) is 41.5 Å². The van der Waals surface area contributed by atoms with Gasteiger partial charge < -0.3 is 9.47 Å². The lowest BCUT2D eigenvalue weighted by Gasteiger charge is -2.27. The molecular weight excluding hydrogens is 401 g/mol. The van der Waals surface area contributed by atoms with Gasteiger partial charge in [0, 0.05) is 23.3 Å². The average molecular weight is 424 g/mol. The Morgan fingerprint density at radius 3 is 1.97 bits per heavy atom. The second-order valence-corrected chi connectivity index (χ2v) is 8.47. The summed E-state index contributed by atoms with van der Waals surface area (Å²) in [6, 6.07) is 15.1. The molecule has 3 aromatic rings. The molecule has 0 spiro atoms. The van der Waals surface area contributed by atoms with Gasteiger partial charge in [0.15, 0.2) is 11.6 Å². The lowest BCUT2D eigenvalue weighted by atomic mass is 9.94. The fourth-order valence-electron chi connectivity index (χ4n) is 4.20. The molecule has 0 saturated carbocycles. The van der Waals surface area contributed by atoms with Crippen LogP contribution in [0.4, 0.5) is 13.2 Å². The summed E-state index contributed by atoms with van der Waals surface area (Å²) in [5.41, 5.74) is 2.94. The largest absolute Gasteiger partial charge is 0.373 e. The molecule has 0 N–H and O–H groups in total. The predicted molar refractivity (Wildman–Crippen MR) is 113 cm³/mol. The summed E-state index contributed by atoms with van der Waals surface area (Å²) in [6.45, 7) is 3.27. The number of hydrogen-bond acceptors (Lipinski definition) is 2. The van der Waals surface area contributed by atoms with Crippen molar-refractivity contribution >= 4 is 0 Å². The molecule has 3 atom stereocenters. The molecule has 2 fully saturated rings. The highest BCUT2D eigenvalue weighted by molar-refractivity contribution is 5.71. The van der Waals surface area contributed by atoms with E-state index in [0.29, 0.717) is 35.8 Å². The van der Waals surface area contributed by atoms with Gasteiger partial charge in [-0.2, -0.15) is 0 Å². The first-order chi connectivity index (χ1) is 15.0. The second-order valence-electron chi connectivity index (χ2n) is 8.47. The molecule has 160 valence electrons. The molecule has 2 heterocycles. The third-order valence-electron chi connectivity index (χ3n) is 6.17. The Balaban J connectivity index is 1.38. The van der Waals surface area contributed by atoms with Gasteiger partial charge in [0.25, 0.3) is 0 Å². The lowest BCUT2D eigenvalue weighted by molar-refractivity contribution is -0.0125. The fraction of sp³-hybridized carbons (Fsp3) is 0.308. The highest BCUT2D eigenvalue weighted by Gasteiger charge is 2.30. The van der Waals surface area contributed by atoms with Gasteiger partial charge in [-0.15, -0.1) is 0 Å². The molecule has 3 aromatic carbocycles. The Kier molecular flexibility index (Phi) is 5.32. The van der Waals surface area contributed by atoms with Crippen LogP contribution in [0.1, 0.15) is 43.1 Å². The number of rotatable bonds is 4. The Morgan fingerprint density at radius 2 is 1.35 bits per heavy atom. The summed E-state index contributed by atoms with van der Waals surface area (Å²) >= 11 is 0. The minimum atomic E-state index is -0.891. The Labute approximate surface area is 179 Å². The fourth-order valence-corrected chi connectivity index (χ4v) is 4.20. The monoisotopic (exact) mass is 424 g/mol. The Morgan fingerprint density at radius 1 is 0.710 bits per heavy atom. The molecule has 0 amide bonds. The SMILES string of the molecule is CC1CCC(c2ccc(-c3ccc(-c4ccc(C5CO5)c(F)c4F)cc3)c(F)c2)OC1. The van der Waals surface area contributed by atoms with Crippen LogP contribution in [-0.2, 0) is 9.47 Å². The smallest absolute Gasteiger partial charge is 0.167 e. The normalized spacial score (nSPS) is 23.0. The van der Waals surface area contributed by atoms with Crippen molar-refractivity contribution in [1.82, 2.24) is 0 Å². The summed E-state index contributed by atoms with van der Waals surface area (Å²) in [4.78, 5) is 0. The zero-order chi connectivity index (χ0) is 21.5. The molecule has 0 radical (unpaired) electrons. The van der Waals surface area contributed by atoms with Crippen molar-refractivity contribution in [1.29, 1.82) is 0 Å². The van der Waals surface area contributed by atoms with Gasteiger partial charge in [0.05, 0.1) is 12.7 Å². The van der Waals surface area contributed by atoms with Gasteiger partial charge in [-0.3, -0.25) is 0 Å². The molecule has 2 aliphatic rings. The zero-order valence-corrected chi connectivity index (χ0v) is 17.2. The minimum Gasteiger partial charge on any atom is -0.373 e. The number of epoxide rings is 1. The van der Waals surface area contributed by atoms with Gasteiger partial charge >= 0.3 is 0 Å². The first-order valence-electron chi connectivity index (χ1n) is 10.6. The van der Waals surface area contributed by atoms with Crippen LogP contribution in [-0.4, -0.2) is 13.2 Å². The summed E-state index contributed by atoms with van der Waals surface area (Å²) in [5, 5.41) is 0. The van der Waals surface area contributed by atoms with Gasteiger partial charge in [0.2, 0.25) is 0 Å². The molecule has 2 saturated heterocycles. The first-order valence-corrected chi connectivity index (χ1v) is 10.6. The molecule has 0 aliphatic carbocycles. The van der Waals surface area contributed by atoms with Crippen LogP contribution in [0.25, 0.3) is 22.3 Å². The van der Waals surface area contributed by atoms with Crippen LogP contribution >= 0.6 is 0 Å². The van der Waals surface area contributed by atoms with Crippen molar-refractivity contribution in [2.24, 2.45) is 5.92 Å². The number of ether oxygens (including phenoxy) is 2. The maximum Gasteiger partial charge on any atom is 0.167 e. The molecule has 31 heavy (non-hydrogen) atoms. The summed E-state index contributed by atoms with van der Waals surface area (Å²) in [5.74, 6) is -1.54. The lowest BCUT2D eigenvalue weighted by Crippen LogP contribution is -2.18. The highest BCUT2D eigenvalue weighted by Crippen LogP contribution is 2.37. The molecular formula is C26H23F3O2. The average Bonchev–Trinajstić information content (AvgIpc) is 3.62. The topological polar surface area (TPSA) is 21.8 Å². The first kappa shape index (κ1) is 20.3. The van der Waals surface area contributed by atoms with Gasteiger partial charge in [-0.25, -0.2) is 13.2 Å². The van der Waals surface area contributed by atoms with Crippen molar-refractivity contribution < 1.29 is 22.6 Å². The third-order valence-corrected chi connectivity index (χ3v) is 6.17. The summed E-state index contributed by atoms with van der Waals surface area (Å²) in [7, 11) is 0. The third kappa shape index (κ3) is 4.00. The van der Waals surface area contributed by atoms with Crippen molar-refractivity contribution in [3.8, 4) is 22.3 Å². The molecule has 0 aromatic heterocycles. The molecule has 5 heteroatoms. The van der Waals surface area contributed by atoms with E-state index in [-0.39, 0.29) is 29.2 Å². The van der Waals surface area contributed by atoms with Crippen molar-refractivity contribution in [3.63, 3.8) is 0 Å². The van der Waals surface area contributed by atoms with E-state index in [1.54, 1.807) is 42.5 Å². The van der Waals surface area contributed by atoms with Crippen LogP contribution < -0.4 is 0 Å². The van der Waals surface area contributed by atoms with Gasteiger partial charge in [0.1, 0.15) is 11.9 Å². The van der Waals surface area contributed by atoms with E-state index >= 15 is 0 Å². The van der Waals surface area contributed by atoms with E-state index in [0.717, 1.165) is 18.4 Å². The quantitative estimate of drug-likeness (QED) is 0.421. The van der Waals surface area contributed by atoms with Crippen LogP contribution in [0.3, 0.4) is 0 Å². The number of halogens is 3. The summed E-state index contributed by atoms with van der Waals surface area (Å²) < 4.78 is 54.7. The Bertz CT molecular complexity index is 1100. The molecule has 3 unspecified atom stereocenters. The maximum absolute atomic E-state index is 14.9. The van der Waals surface area contributed by atoms with E-state index in [9.17, 15) is 13.2 Å². The maximum atomic E-state index is 14.9. The molecule has 5 rings (SSSR count). The van der Waals surface area contributed by atoms with Crippen LogP contribution in [0.5, 0.6) is 0 Å². The van der Waals surface area contributed by atoms with E-state index in [1.165, 1.54) is 6.07 Å². The van der Waals surface area contributed by atoms with Crippen molar-refractivity contribution in [2.45, 2.75) is 32.0 Å². The molecule has 2 aliphatic heterocycles. The van der Waals surface area contributed by atoms with Gasteiger partial charge in [-0.1, -0.05) is 55.5 Å². The zero-order valence-electron chi connectivity index (χ0n) is 17.2. The second kappa shape index (κ2) is 8.13. The number of hydrogen-bond donors (Lipinski definition) is 0. The van der Waals surface area contributed by atoms with Crippen LogP contribution in [0.15, 0.2) is 54.6 Å². The Hall–Kier alpha value is -2.63. The van der Waals surface area contributed by atoms with Crippen molar-refractivity contribution in [2.75, 3.05) is 13.2 Å². The van der Waals surface area contributed by atoms with Crippen LogP contribution in [0, 0.1) is 23.4 Å². The molecule has 2 nitrogen and oxygen atoms in total. The predicted octanol–water partition coefficient (Wildman–Crippen LogP) is 7.00.